The molecule has 3 rings (SSSR count). The van der Waals surface area contributed by atoms with Crippen LogP contribution in [0.4, 0.5) is 0 Å². The molecule has 3 heterocycles. The van der Waals surface area contributed by atoms with Gasteiger partial charge in [-0.2, -0.15) is 4.98 Å². The van der Waals surface area contributed by atoms with Crippen molar-refractivity contribution in [2.45, 2.75) is 89.6 Å². The van der Waals surface area contributed by atoms with Gasteiger partial charge in [-0.1, -0.05) is 51.9 Å². The molecule has 0 amide bonds. The SMILES string of the molecule is CCCCCCCCCCc1cc2cn([C@H]3C[C@H](O)[C@@H](CO)O3)c(=O)nc2o1. The second kappa shape index (κ2) is 10.2. The predicted octanol–water partition coefficient (Wildman–Crippen LogP) is 3.31. The molecule has 1 fully saturated rings. The van der Waals surface area contributed by atoms with E-state index in [1.54, 1.807) is 6.20 Å². The summed E-state index contributed by atoms with van der Waals surface area (Å²) in [6, 6.07) is 1.93. The Morgan fingerprint density at radius 3 is 2.57 bits per heavy atom. The van der Waals surface area contributed by atoms with Crippen molar-refractivity contribution in [3.63, 3.8) is 0 Å². The summed E-state index contributed by atoms with van der Waals surface area (Å²) >= 11 is 0. The molecule has 7 heteroatoms. The van der Waals surface area contributed by atoms with E-state index in [0.29, 0.717) is 5.71 Å². The smallest absolute Gasteiger partial charge is 0.353 e. The zero-order valence-corrected chi connectivity index (χ0v) is 16.7. The molecule has 28 heavy (non-hydrogen) atoms. The van der Waals surface area contributed by atoms with E-state index in [9.17, 15) is 15.0 Å². The van der Waals surface area contributed by atoms with Crippen LogP contribution < -0.4 is 5.69 Å². The third kappa shape index (κ3) is 5.21. The Hall–Kier alpha value is -1.70. The summed E-state index contributed by atoms with van der Waals surface area (Å²) < 4.78 is 12.7. The van der Waals surface area contributed by atoms with Gasteiger partial charge in [0.05, 0.1) is 18.1 Å². The Morgan fingerprint density at radius 2 is 1.89 bits per heavy atom. The van der Waals surface area contributed by atoms with Gasteiger partial charge in [0.1, 0.15) is 18.1 Å². The molecular formula is C21H32N2O5. The lowest BCUT2D eigenvalue weighted by Crippen LogP contribution is -2.27. The number of hydrogen-bond acceptors (Lipinski definition) is 6. The van der Waals surface area contributed by atoms with Crippen molar-refractivity contribution in [2.75, 3.05) is 6.61 Å². The average Bonchev–Trinajstić information content (AvgIpc) is 3.25. The Labute approximate surface area is 165 Å². The van der Waals surface area contributed by atoms with Crippen LogP contribution in [0.5, 0.6) is 0 Å². The fourth-order valence-corrected chi connectivity index (χ4v) is 3.79. The van der Waals surface area contributed by atoms with E-state index in [4.69, 9.17) is 9.15 Å². The van der Waals surface area contributed by atoms with Gasteiger partial charge in [0.15, 0.2) is 0 Å². The van der Waals surface area contributed by atoms with Crippen LogP contribution in [0, 0.1) is 0 Å². The van der Waals surface area contributed by atoms with Gasteiger partial charge in [0, 0.05) is 19.0 Å². The molecule has 0 aliphatic carbocycles. The molecule has 1 aliphatic heterocycles. The second-order valence-electron chi connectivity index (χ2n) is 7.74. The van der Waals surface area contributed by atoms with Crippen molar-refractivity contribution < 1.29 is 19.4 Å². The number of ether oxygens (including phenoxy) is 1. The summed E-state index contributed by atoms with van der Waals surface area (Å²) in [4.78, 5) is 16.3. The Morgan fingerprint density at radius 1 is 1.18 bits per heavy atom. The van der Waals surface area contributed by atoms with E-state index in [0.717, 1.165) is 24.0 Å². The minimum atomic E-state index is -0.792. The zero-order chi connectivity index (χ0) is 19.9. The standard InChI is InChI=1S/C21H32N2O5/c1-2-3-4-5-6-7-8-9-10-16-11-15-13-23(21(26)22-20(15)27-16)19-12-17(25)18(14-24)28-19/h11,13,17-19,24-25H,2-10,12,14H2,1H3/t17-,18+,19+/m0/s1. The number of rotatable bonds is 11. The van der Waals surface area contributed by atoms with Gasteiger partial charge in [-0.05, 0) is 12.5 Å². The van der Waals surface area contributed by atoms with Crippen molar-refractivity contribution in [3.8, 4) is 0 Å². The Bertz CT molecular complexity index is 800. The first-order chi connectivity index (χ1) is 13.6. The van der Waals surface area contributed by atoms with Gasteiger partial charge in [0.2, 0.25) is 5.71 Å². The molecule has 0 bridgehead atoms. The van der Waals surface area contributed by atoms with Crippen LogP contribution >= 0.6 is 0 Å². The minimum absolute atomic E-state index is 0.251. The van der Waals surface area contributed by atoms with Gasteiger partial charge in [-0.25, -0.2) is 4.79 Å². The van der Waals surface area contributed by atoms with Crippen LogP contribution in [0.1, 0.15) is 76.7 Å². The second-order valence-corrected chi connectivity index (χ2v) is 7.74. The lowest BCUT2D eigenvalue weighted by Gasteiger charge is -2.13. The quantitative estimate of drug-likeness (QED) is 0.569. The predicted molar refractivity (Wildman–Crippen MR) is 106 cm³/mol. The molecule has 156 valence electrons. The highest BCUT2D eigenvalue weighted by Crippen LogP contribution is 2.28. The molecule has 2 aromatic rings. The summed E-state index contributed by atoms with van der Waals surface area (Å²) in [5.41, 5.74) is -0.135. The van der Waals surface area contributed by atoms with E-state index in [1.807, 2.05) is 6.07 Å². The van der Waals surface area contributed by atoms with E-state index >= 15 is 0 Å². The van der Waals surface area contributed by atoms with Crippen molar-refractivity contribution >= 4 is 11.1 Å². The van der Waals surface area contributed by atoms with E-state index in [1.165, 1.54) is 49.5 Å². The summed E-state index contributed by atoms with van der Waals surface area (Å²) in [6.07, 6.45) is 10.7. The van der Waals surface area contributed by atoms with Crippen molar-refractivity contribution in [3.05, 3.63) is 28.5 Å². The molecule has 2 aromatic heterocycles. The number of hydrogen-bond donors (Lipinski definition) is 2. The number of aliphatic hydroxyl groups excluding tert-OH is 2. The van der Waals surface area contributed by atoms with Gasteiger partial charge in [-0.3, -0.25) is 4.57 Å². The molecule has 3 atom stereocenters. The highest BCUT2D eigenvalue weighted by atomic mass is 16.5. The maximum Gasteiger partial charge on any atom is 0.353 e. The molecule has 0 radical (unpaired) electrons. The van der Waals surface area contributed by atoms with Crippen LogP contribution in [0.15, 0.2) is 21.5 Å². The van der Waals surface area contributed by atoms with Crippen molar-refractivity contribution in [2.24, 2.45) is 0 Å². The molecule has 0 saturated carbocycles. The third-order valence-electron chi connectivity index (χ3n) is 5.46. The fraction of sp³-hybridized carbons (Fsp3) is 0.714. The topological polar surface area (TPSA) is 97.7 Å². The Balaban J connectivity index is 1.55. The average molecular weight is 392 g/mol. The summed E-state index contributed by atoms with van der Waals surface area (Å²) in [6.45, 7) is 1.95. The number of aromatic nitrogens is 2. The highest BCUT2D eigenvalue weighted by molar-refractivity contribution is 5.72. The number of aliphatic hydroxyl groups is 2. The molecule has 1 saturated heterocycles. The first-order valence-corrected chi connectivity index (χ1v) is 10.6. The zero-order valence-electron chi connectivity index (χ0n) is 16.7. The highest BCUT2D eigenvalue weighted by Gasteiger charge is 2.35. The monoisotopic (exact) mass is 392 g/mol. The van der Waals surface area contributed by atoms with Gasteiger partial charge < -0.3 is 19.4 Å². The number of fused-ring (bicyclic) bond motifs is 1. The lowest BCUT2D eigenvalue weighted by molar-refractivity contribution is -0.0457. The molecular weight excluding hydrogens is 360 g/mol. The summed E-state index contributed by atoms with van der Waals surface area (Å²) in [7, 11) is 0. The summed E-state index contributed by atoms with van der Waals surface area (Å²) in [5.74, 6) is 0.839. The minimum Gasteiger partial charge on any atom is -0.443 e. The summed E-state index contributed by atoms with van der Waals surface area (Å²) in [5, 5.41) is 19.9. The van der Waals surface area contributed by atoms with Crippen LogP contribution in [-0.4, -0.2) is 38.6 Å². The first-order valence-electron chi connectivity index (χ1n) is 10.6. The largest absolute Gasteiger partial charge is 0.443 e. The maximum atomic E-state index is 12.3. The number of unbranched alkanes of at least 4 members (excludes halogenated alkanes) is 7. The number of furan rings is 1. The molecule has 1 aliphatic rings. The van der Waals surface area contributed by atoms with Crippen LogP contribution in [0.2, 0.25) is 0 Å². The molecule has 7 nitrogen and oxygen atoms in total. The third-order valence-corrected chi connectivity index (χ3v) is 5.46. The number of nitrogens with zero attached hydrogens (tertiary/aromatic N) is 2. The van der Waals surface area contributed by atoms with Gasteiger partial charge >= 0.3 is 5.69 Å². The van der Waals surface area contributed by atoms with Crippen LogP contribution in [0.3, 0.4) is 0 Å². The van der Waals surface area contributed by atoms with E-state index in [-0.39, 0.29) is 13.0 Å². The fourth-order valence-electron chi connectivity index (χ4n) is 3.79. The van der Waals surface area contributed by atoms with Gasteiger partial charge in [0.25, 0.3) is 0 Å². The van der Waals surface area contributed by atoms with Crippen LogP contribution in [0.25, 0.3) is 11.1 Å². The Kier molecular flexibility index (Phi) is 7.65. The number of aryl methyl sites for hydroxylation is 1. The van der Waals surface area contributed by atoms with E-state index < -0.39 is 24.1 Å². The van der Waals surface area contributed by atoms with Gasteiger partial charge in [-0.15, -0.1) is 0 Å². The van der Waals surface area contributed by atoms with E-state index in [2.05, 4.69) is 11.9 Å². The molecule has 0 spiro atoms. The van der Waals surface area contributed by atoms with Crippen LogP contribution in [-0.2, 0) is 11.2 Å². The maximum absolute atomic E-state index is 12.3. The first kappa shape index (κ1) is 21.0. The normalized spacial score (nSPS) is 22.3. The molecule has 2 N–H and O–H groups in total. The van der Waals surface area contributed by atoms with Crippen molar-refractivity contribution in [1.29, 1.82) is 0 Å². The molecule has 0 unspecified atom stereocenters. The molecule has 0 aromatic carbocycles. The van der Waals surface area contributed by atoms with Crippen molar-refractivity contribution in [1.82, 2.24) is 9.55 Å². The lowest BCUT2D eigenvalue weighted by atomic mass is 10.1.